The van der Waals surface area contributed by atoms with E-state index in [0.717, 1.165) is 31.0 Å². The summed E-state index contributed by atoms with van der Waals surface area (Å²) in [4.78, 5) is 28.7. The highest BCUT2D eigenvalue weighted by molar-refractivity contribution is 8.03. The highest BCUT2D eigenvalue weighted by Gasteiger charge is 2.60. The number of hydrogen-bond donors (Lipinski definition) is 3. The lowest BCUT2D eigenvalue weighted by atomic mass is 9.79. The number of β-lactam (4-membered cyclic amide) rings is 1. The van der Waals surface area contributed by atoms with Crippen molar-refractivity contribution in [2.45, 2.75) is 37.7 Å². The number of nitrogens with one attached hydrogen (secondary N) is 1. The molecule has 0 radical (unpaired) electrons. The number of allylic oxidation sites excluding steroid dienone is 1. The molecule has 0 saturated carbocycles. The van der Waals surface area contributed by atoms with Crippen molar-refractivity contribution in [3.8, 4) is 0 Å². The number of rotatable bonds is 5. The molecule has 0 aromatic rings. The lowest BCUT2D eigenvalue weighted by molar-refractivity contribution is -0.163. The zero-order valence-corrected chi connectivity index (χ0v) is 16.3. The Balaban J connectivity index is 1.49. The van der Waals surface area contributed by atoms with Crippen molar-refractivity contribution in [1.82, 2.24) is 15.1 Å². The first kappa shape index (κ1) is 18.4. The third kappa shape index (κ3) is 3.04. The van der Waals surface area contributed by atoms with E-state index in [1.807, 2.05) is 6.92 Å². The molecule has 27 heavy (non-hydrogen) atoms. The first-order valence-electron chi connectivity index (χ1n) is 9.37. The molecule has 4 aliphatic heterocycles. The maximum Gasteiger partial charge on any atom is 0.353 e. The van der Waals surface area contributed by atoms with Gasteiger partial charge >= 0.3 is 5.97 Å². The van der Waals surface area contributed by atoms with Gasteiger partial charge in [-0.2, -0.15) is 0 Å². The Hall–Kier alpha value is -1.93. The van der Waals surface area contributed by atoms with Gasteiger partial charge in [0, 0.05) is 54.0 Å². The number of carbonyl (C=O) groups is 2. The van der Waals surface area contributed by atoms with Gasteiger partial charge in [0.15, 0.2) is 0 Å². The van der Waals surface area contributed by atoms with E-state index >= 15 is 0 Å². The average Bonchev–Trinajstić information content (AvgIpc) is 3.30. The molecule has 0 aromatic heterocycles. The summed E-state index contributed by atoms with van der Waals surface area (Å²) in [5.74, 6) is -1.92. The number of aliphatic hydroxyl groups excluding tert-OH is 1. The van der Waals surface area contributed by atoms with Crippen LogP contribution < -0.4 is 5.32 Å². The second-order valence-corrected chi connectivity index (χ2v) is 9.02. The topological polar surface area (TPSA) is 93.1 Å². The van der Waals surface area contributed by atoms with E-state index in [1.54, 1.807) is 18.7 Å². The SMILES string of the molecule is C[C@@H](O)[C@H]1C(=O)N2C(C(=O)O)=C(SC3CN/C(=C/N4CC=CC4)C3)[C@H](C)[C@H]12. The summed E-state index contributed by atoms with van der Waals surface area (Å²) in [6.45, 7) is 6.19. The summed E-state index contributed by atoms with van der Waals surface area (Å²) in [6, 6.07) is -0.244. The molecule has 0 aromatic carbocycles. The fraction of sp³-hybridized carbons (Fsp3) is 0.579. The van der Waals surface area contributed by atoms with Crippen LogP contribution in [0, 0.1) is 11.8 Å². The van der Waals surface area contributed by atoms with Crippen molar-refractivity contribution in [1.29, 1.82) is 0 Å². The minimum atomic E-state index is -1.06. The van der Waals surface area contributed by atoms with Gasteiger partial charge in [0.05, 0.1) is 18.1 Å². The van der Waals surface area contributed by atoms with E-state index in [1.165, 1.54) is 10.6 Å². The van der Waals surface area contributed by atoms with Gasteiger partial charge in [0.1, 0.15) is 5.70 Å². The van der Waals surface area contributed by atoms with Crippen LogP contribution in [0.5, 0.6) is 0 Å². The predicted molar refractivity (Wildman–Crippen MR) is 102 cm³/mol. The molecule has 2 fully saturated rings. The van der Waals surface area contributed by atoms with Crippen LogP contribution in [0.25, 0.3) is 0 Å². The van der Waals surface area contributed by atoms with Crippen molar-refractivity contribution in [3.63, 3.8) is 0 Å². The molecule has 0 bridgehead atoms. The van der Waals surface area contributed by atoms with Crippen molar-refractivity contribution in [3.05, 3.63) is 34.7 Å². The van der Waals surface area contributed by atoms with E-state index in [2.05, 4.69) is 28.6 Å². The van der Waals surface area contributed by atoms with Crippen LogP contribution in [0.3, 0.4) is 0 Å². The van der Waals surface area contributed by atoms with Crippen molar-refractivity contribution in [2.24, 2.45) is 11.8 Å². The van der Waals surface area contributed by atoms with E-state index in [4.69, 9.17) is 0 Å². The summed E-state index contributed by atoms with van der Waals surface area (Å²) in [5, 5.41) is 23.3. The van der Waals surface area contributed by atoms with Gasteiger partial charge < -0.3 is 25.3 Å². The van der Waals surface area contributed by atoms with E-state index in [0.29, 0.717) is 0 Å². The van der Waals surface area contributed by atoms with Crippen molar-refractivity contribution >= 4 is 23.6 Å². The number of carboxylic acid groups (broad SMARTS) is 1. The van der Waals surface area contributed by atoms with Gasteiger partial charge in [-0.15, -0.1) is 11.8 Å². The molecule has 4 heterocycles. The Morgan fingerprint density at radius 3 is 2.74 bits per heavy atom. The molecule has 0 spiro atoms. The molecular weight excluding hydrogens is 366 g/mol. The highest BCUT2D eigenvalue weighted by atomic mass is 32.2. The second kappa shape index (κ2) is 6.91. The Morgan fingerprint density at radius 2 is 2.11 bits per heavy atom. The molecule has 0 aliphatic carbocycles. The normalized spacial score (nSPS) is 34.9. The van der Waals surface area contributed by atoms with Gasteiger partial charge in [0.25, 0.3) is 0 Å². The number of amides is 1. The predicted octanol–water partition coefficient (Wildman–Crippen LogP) is 0.948. The van der Waals surface area contributed by atoms with Gasteiger partial charge in [0.2, 0.25) is 5.91 Å². The number of aliphatic hydroxyl groups is 1. The summed E-state index contributed by atoms with van der Waals surface area (Å²) in [5.41, 5.74) is 1.28. The smallest absolute Gasteiger partial charge is 0.353 e. The minimum Gasteiger partial charge on any atom is -0.477 e. The highest BCUT2D eigenvalue weighted by Crippen LogP contribution is 2.51. The van der Waals surface area contributed by atoms with E-state index < -0.39 is 18.0 Å². The molecule has 4 aliphatic rings. The summed E-state index contributed by atoms with van der Waals surface area (Å²) in [6.07, 6.45) is 6.51. The Bertz CT molecular complexity index is 752. The maximum absolute atomic E-state index is 12.4. The number of fused-ring (bicyclic) bond motifs is 1. The third-order valence-corrected chi connectivity index (χ3v) is 7.28. The molecule has 2 saturated heterocycles. The second-order valence-electron chi connectivity index (χ2n) is 7.68. The van der Waals surface area contributed by atoms with Crippen molar-refractivity contribution < 1.29 is 19.8 Å². The Kier molecular flexibility index (Phi) is 4.71. The van der Waals surface area contributed by atoms with Crippen LogP contribution in [-0.4, -0.2) is 68.9 Å². The van der Waals surface area contributed by atoms with Gasteiger partial charge in [-0.3, -0.25) is 4.79 Å². The lowest BCUT2D eigenvalue weighted by Gasteiger charge is -2.46. The molecule has 8 heteroatoms. The molecule has 5 atom stereocenters. The number of hydrogen-bond acceptors (Lipinski definition) is 6. The Morgan fingerprint density at radius 1 is 1.41 bits per heavy atom. The number of carboxylic acids is 1. The third-order valence-electron chi connectivity index (χ3n) is 5.79. The monoisotopic (exact) mass is 391 g/mol. The lowest BCUT2D eigenvalue weighted by Crippen LogP contribution is -2.63. The van der Waals surface area contributed by atoms with Crippen LogP contribution in [0.2, 0.25) is 0 Å². The fourth-order valence-electron chi connectivity index (χ4n) is 4.49. The number of thioether (sulfide) groups is 1. The number of aliphatic carboxylic acids is 1. The standard InChI is InChI=1S/C19H25N3O4S/c1-10-15-14(11(2)23)18(24)22(15)16(19(25)26)17(10)27-13-7-12(20-8-13)9-21-5-3-4-6-21/h3-4,9-11,13-15,20,23H,5-8H2,1-2H3,(H,25,26)/b12-9+/t10-,11-,13?,14-,15-/m1/s1. The van der Waals surface area contributed by atoms with Gasteiger partial charge in [-0.1, -0.05) is 19.1 Å². The summed E-state index contributed by atoms with van der Waals surface area (Å²) >= 11 is 1.57. The van der Waals surface area contributed by atoms with Crippen LogP contribution in [-0.2, 0) is 9.59 Å². The minimum absolute atomic E-state index is 0.0748. The van der Waals surface area contributed by atoms with E-state index in [-0.39, 0.29) is 28.8 Å². The average molecular weight is 391 g/mol. The molecule has 146 valence electrons. The molecule has 1 unspecified atom stereocenters. The molecule has 7 nitrogen and oxygen atoms in total. The molecular formula is C19H25N3O4S. The van der Waals surface area contributed by atoms with Crippen LogP contribution >= 0.6 is 11.8 Å². The van der Waals surface area contributed by atoms with Gasteiger partial charge in [-0.05, 0) is 6.92 Å². The van der Waals surface area contributed by atoms with Crippen LogP contribution in [0.4, 0.5) is 0 Å². The zero-order valence-electron chi connectivity index (χ0n) is 15.5. The molecule has 4 rings (SSSR count). The maximum atomic E-state index is 12.4. The number of carbonyl (C=O) groups excluding carboxylic acids is 1. The van der Waals surface area contributed by atoms with Crippen LogP contribution in [0.15, 0.2) is 34.7 Å². The fourth-order valence-corrected chi connectivity index (χ4v) is 5.93. The van der Waals surface area contributed by atoms with Crippen LogP contribution in [0.1, 0.15) is 20.3 Å². The molecule has 3 N–H and O–H groups in total. The zero-order chi connectivity index (χ0) is 19.3. The molecule has 1 amide bonds. The Labute approximate surface area is 162 Å². The first-order chi connectivity index (χ1) is 12.9. The largest absolute Gasteiger partial charge is 0.477 e. The van der Waals surface area contributed by atoms with E-state index in [9.17, 15) is 19.8 Å². The number of nitrogens with zero attached hydrogens (tertiary/aromatic N) is 2. The summed E-state index contributed by atoms with van der Waals surface area (Å²) in [7, 11) is 0. The van der Waals surface area contributed by atoms with Crippen molar-refractivity contribution in [2.75, 3.05) is 19.6 Å². The quantitative estimate of drug-likeness (QED) is 0.475. The first-order valence-corrected chi connectivity index (χ1v) is 10.2. The summed E-state index contributed by atoms with van der Waals surface area (Å²) < 4.78 is 0. The van der Waals surface area contributed by atoms with Gasteiger partial charge in [-0.25, -0.2) is 4.79 Å².